The lowest BCUT2D eigenvalue weighted by Gasteiger charge is -2.31. The third-order valence-electron chi connectivity index (χ3n) is 5.27. The Hall–Kier alpha value is -2.71. The van der Waals surface area contributed by atoms with Crippen LogP contribution < -0.4 is 10.1 Å². The zero-order chi connectivity index (χ0) is 21.6. The monoisotopic (exact) mass is 455 g/mol. The fourth-order valence-electron chi connectivity index (χ4n) is 3.64. The number of nitrogens with one attached hydrogen (secondary N) is 1. The van der Waals surface area contributed by atoms with E-state index in [1.165, 1.54) is 21.8 Å². The summed E-state index contributed by atoms with van der Waals surface area (Å²) in [6.45, 7) is 3.69. The number of thiophene rings is 1. The van der Waals surface area contributed by atoms with Crippen molar-refractivity contribution in [1.82, 2.24) is 15.2 Å². The summed E-state index contributed by atoms with van der Waals surface area (Å²) in [5.41, 5.74) is 4.30. The van der Waals surface area contributed by atoms with E-state index >= 15 is 0 Å². The number of thiazole rings is 1. The standard InChI is InChI=1S/C23H25N3O3S2/c1-2-4-20(23(28)26-9-7-21-17(12-26)8-10-31-21)25-22(27)16-5-3-6-19(11-16)29-13-18-14-30-15-24-18/h3,5-6,8,10-11,14-15,20H,2,4,7,9,12-13H2,1H3,(H,25,27). The largest absolute Gasteiger partial charge is 0.487 e. The van der Waals surface area contributed by atoms with E-state index in [-0.39, 0.29) is 11.8 Å². The van der Waals surface area contributed by atoms with E-state index in [2.05, 4.69) is 21.7 Å². The van der Waals surface area contributed by atoms with Crippen molar-refractivity contribution in [2.45, 2.75) is 45.4 Å². The Labute approximate surface area is 189 Å². The van der Waals surface area contributed by atoms with E-state index in [0.29, 0.717) is 37.4 Å². The van der Waals surface area contributed by atoms with Crippen molar-refractivity contribution < 1.29 is 14.3 Å². The number of benzene rings is 1. The van der Waals surface area contributed by atoms with Crippen molar-refractivity contribution in [3.05, 3.63) is 68.3 Å². The van der Waals surface area contributed by atoms with Crippen LogP contribution in [0.4, 0.5) is 0 Å². The molecule has 0 fully saturated rings. The molecule has 31 heavy (non-hydrogen) atoms. The van der Waals surface area contributed by atoms with Crippen LogP contribution in [0.5, 0.6) is 5.75 Å². The molecule has 0 saturated carbocycles. The van der Waals surface area contributed by atoms with Gasteiger partial charge in [-0.15, -0.1) is 22.7 Å². The van der Waals surface area contributed by atoms with E-state index in [1.54, 1.807) is 35.0 Å². The minimum atomic E-state index is -0.530. The maximum atomic E-state index is 13.2. The van der Waals surface area contributed by atoms with Crippen LogP contribution in [0.1, 0.15) is 46.3 Å². The third kappa shape index (κ3) is 5.32. The minimum Gasteiger partial charge on any atom is -0.487 e. The van der Waals surface area contributed by atoms with Gasteiger partial charge in [-0.1, -0.05) is 19.4 Å². The Bertz CT molecular complexity index is 1030. The van der Waals surface area contributed by atoms with Crippen LogP contribution in [-0.4, -0.2) is 34.3 Å². The lowest BCUT2D eigenvalue weighted by Crippen LogP contribution is -2.49. The Balaban J connectivity index is 1.40. The number of fused-ring (bicyclic) bond motifs is 1. The van der Waals surface area contributed by atoms with Gasteiger partial charge >= 0.3 is 0 Å². The van der Waals surface area contributed by atoms with E-state index in [9.17, 15) is 9.59 Å². The topological polar surface area (TPSA) is 71.5 Å². The van der Waals surface area contributed by atoms with Crippen LogP contribution >= 0.6 is 22.7 Å². The third-order valence-corrected chi connectivity index (χ3v) is 6.92. The van der Waals surface area contributed by atoms with Crippen molar-refractivity contribution in [2.75, 3.05) is 6.54 Å². The molecule has 8 heteroatoms. The fourth-order valence-corrected chi connectivity index (χ4v) is 5.07. The number of ether oxygens (including phenoxy) is 1. The highest BCUT2D eigenvalue weighted by Gasteiger charge is 2.28. The van der Waals surface area contributed by atoms with E-state index in [1.807, 2.05) is 23.3 Å². The summed E-state index contributed by atoms with van der Waals surface area (Å²) in [5, 5.41) is 6.96. The number of aromatic nitrogens is 1. The van der Waals surface area contributed by atoms with Gasteiger partial charge in [0.05, 0.1) is 11.2 Å². The molecule has 1 N–H and O–H groups in total. The zero-order valence-corrected chi connectivity index (χ0v) is 19.0. The maximum Gasteiger partial charge on any atom is 0.252 e. The summed E-state index contributed by atoms with van der Waals surface area (Å²) < 4.78 is 5.75. The van der Waals surface area contributed by atoms with Gasteiger partial charge < -0.3 is 15.0 Å². The first-order chi connectivity index (χ1) is 15.1. The summed E-state index contributed by atoms with van der Waals surface area (Å²) in [6, 6.07) is 8.58. The molecule has 2 amide bonds. The van der Waals surface area contributed by atoms with Gasteiger partial charge in [0.2, 0.25) is 5.91 Å². The molecule has 162 valence electrons. The van der Waals surface area contributed by atoms with E-state index in [0.717, 1.165) is 18.5 Å². The molecule has 0 bridgehead atoms. The van der Waals surface area contributed by atoms with Gasteiger partial charge in [-0.2, -0.15) is 0 Å². The predicted molar refractivity (Wildman–Crippen MR) is 122 cm³/mol. The molecular formula is C23H25N3O3S2. The molecule has 3 heterocycles. The van der Waals surface area contributed by atoms with Crippen molar-refractivity contribution in [3.63, 3.8) is 0 Å². The summed E-state index contributed by atoms with van der Waals surface area (Å²) in [7, 11) is 0. The van der Waals surface area contributed by atoms with Gasteiger partial charge in [0.15, 0.2) is 0 Å². The number of carbonyl (C=O) groups excluding carboxylic acids is 2. The second-order valence-corrected chi connectivity index (χ2v) is 9.21. The molecule has 4 rings (SSSR count). The quantitative estimate of drug-likeness (QED) is 0.551. The first-order valence-electron chi connectivity index (χ1n) is 10.4. The molecule has 0 aliphatic carbocycles. The van der Waals surface area contributed by atoms with Crippen molar-refractivity contribution in [1.29, 1.82) is 0 Å². The van der Waals surface area contributed by atoms with Crippen LogP contribution in [-0.2, 0) is 24.4 Å². The number of rotatable bonds is 8. The fraction of sp³-hybridized carbons (Fsp3) is 0.348. The number of amides is 2. The van der Waals surface area contributed by atoms with Crippen molar-refractivity contribution in [3.8, 4) is 5.75 Å². The summed E-state index contributed by atoms with van der Waals surface area (Å²) in [6.07, 6.45) is 2.30. The first-order valence-corrected chi connectivity index (χ1v) is 12.2. The number of hydrogen-bond acceptors (Lipinski definition) is 6. The van der Waals surface area contributed by atoms with Crippen molar-refractivity contribution in [2.24, 2.45) is 0 Å². The van der Waals surface area contributed by atoms with Gasteiger partial charge in [0.25, 0.3) is 5.91 Å². The van der Waals surface area contributed by atoms with Crippen LogP contribution in [0.3, 0.4) is 0 Å². The van der Waals surface area contributed by atoms with Crippen LogP contribution in [0, 0.1) is 0 Å². The Morgan fingerprint density at radius 1 is 1.32 bits per heavy atom. The second kappa shape index (κ2) is 10.1. The van der Waals surface area contributed by atoms with Crippen LogP contribution in [0.25, 0.3) is 0 Å². The van der Waals surface area contributed by atoms with Gasteiger partial charge in [0, 0.05) is 28.9 Å². The molecule has 1 aromatic carbocycles. The summed E-state index contributed by atoms with van der Waals surface area (Å²) >= 11 is 3.26. The molecule has 3 aromatic rings. The zero-order valence-electron chi connectivity index (χ0n) is 17.4. The lowest BCUT2D eigenvalue weighted by atomic mass is 10.1. The second-order valence-electron chi connectivity index (χ2n) is 7.49. The van der Waals surface area contributed by atoms with Gasteiger partial charge in [0.1, 0.15) is 18.4 Å². The smallest absolute Gasteiger partial charge is 0.252 e. The number of hydrogen-bond donors (Lipinski definition) is 1. The number of nitrogens with zero attached hydrogens (tertiary/aromatic N) is 2. The van der Waals surface area contributed by atoms with Gasteiger partial charge in [-0.05, 0) is 48.1 Å². The molecule has 1 aliphatic heterocycles. The van der Waals surface area contributed by atoms with Gasteiger partial charge in [-0.3, -0.25) is 9.59 Å². The molecule has 6 nitrogen and oxygen atoms in total. The summed E-state index contributed by atoms with van der Waals surface area (Å²) in [5.74, 6) is 0.321. The van der Waals surface area contributed by atoms with Crippen molar-refractivity contribution >= 4 is 34.5 Å². The SMILES string of the molecule is CCCC(NC(=O)c1cccc(OCc2cscn2)c1)C(=O)N1CCc2sccc2C1. The highest BCUT2D eigenvalue weighted by molar-refractivity contribution is 7.10. The average Bonchev–Trinajstić information content (AvgIpc) is 3.48. The molecule has 2 aromatic heterocycles. The molecule has 0 radical (unpaired) electrons. The van der Waals surface area contributed by atoms with Gasteiger partial charge in [-0.25, -0.2) is 4.98 Å². The Kier molecular flexibility index (Phi) is 6.99. The minimum absolute atomic E-state index is 0.0111. The highest BCUT2D eigenvalue weighted by Crippen LogP contribution is 2.25. The maximum absolute atomic E-state index is 13.2. The molecular weight excluding hydrogens is 430 g/mol. The highest BCUT2D eigenvalue weighted by atomic mass is 32.1. The molecule has 0 spiro atoms. The molecule has 1 aliphatic rings. The summed E-state index contributed by atoms with van der Waals surface area (Å²) in [4.78, 5) is 33.5. The van der Waals surface area contributed by atoms with E-state index in [4.69, 9.17) is 4.74 Å². The van der Waals surface area contributed by atoms with Crippen LogP contribution in [0.2, 0.25) is 0 Å². The Morgan fingerprint density at radius 2 is 2.23 bits per heavy atom. The normalized spacial score (nSPS) is 14.0. The average molecular weight is 456 g/mol. The number of carbonyl (C=O) groups is 2. The molecule has 1 atom stereocenters. The molecule has 1 unspecified atom stereocenters. The Morgan fingerprint density at radius 3 is 3.03 bits per heavy atom. The molecule has 0 saturated heterocycles. The first kappa shape index (κ1) is 21.5. The predicted octanol–water partition coefficient (Wildman–Crippen LogP) is 4.27. The lowest BCUT2D eigenvalue weighted by molar-refractivity contribution is -0.134. The van der Waals surface area contributed by atoms with E-state index < -0.39 is 6.04 Å². The van der Waals surface area contributed by atoms with Crippen LogP contribution in [0.15, 0.2) is 46.6 Å².